The number of halogens is 1. The fourth-order valence-corrected chi connectivity index (χ4v) is 2.80. The molecule has 1 atom stereocenters. The first-order valence-electron chi connectivity index (χ1n) is 7.71. The maximum absolute atomic E-state index is 12.9. The molecule has 1 heterocycles. The first-order valence-corrected chi connectivity index (χ1v) is 8.08. The van der Waals surface area contributed by atoms with E-state index in [-0.39, 0.29) is 18.4 Å². The van der Waals surface area contributed by atoms with Crippen LogP contribution in [0.3, 0.4) is 0 Å². The summed E-state index contributed by atoms with van der Waals surface area (Å²) in [6.45, 7) is 1.84. The predicted octanol–water partition coefficient (Wildman–Crippen LogP) is 3.48. The SMILES string of the molecule is CC[C@H](Oc1cccc(Cl)c1)C(=O)N1CC(=O)Nc2ccccc21. The molecule has 0 aliphatic carbocycles. The molecule has 5 nitrogen and oxygen atoms in total. The van der Waals surface area contributed by atoms with Crippen LogP contribution < -0.4 is 15.0 Å². The number of carbonyl (C=O) groups excluding carboxylic acids is 2. The van der Waals surface area contributed by atoms with Gasteiger partial charge in [-0.15, -0.1) is 0 Å². The molecule has 124 valence electrons. The molecule has 0 bridgehead atoms. The Hall–Kier alpha value is -2.53. The van der Waals surface area contributed by atoms with Gasteiger partial charge >= 0.3 is 0 Å². The number of rotatable bonds is 4. The Balaban J connectivity index is 1.85. The third-order valence-electron chi connectivity index (χ3n) is 3.76. The summed E-state index contributed by atoms with van der Waals surface area (Å²) in [5.74, 6) is 0.0527. The van der Waals surface area contributed by atoms with Crippen molar-refractivity contribution in [2.24, 2.45) is 0 Å². The van der Waals surface area contributed by atoms with Gasteiger partial charge in [-0.1, -0.05) is 36.7 Å². The summed E-state index contributed by atoms with van der Waals surface area (Å²) in [5, 5.41) is 3.31. The second-order valence-electron chi connectivity index (χ2n) is 5.46. The molecule has 6 heteroatoms. The highest BCUT2D eigenvalue weighted by atomic mass is 35.5. The molecule has 0 radical (unpaired) electrons. The van der Waals surface area contributed by atoms with Gasteiger partial charge in [0.25, 0.3) is 5.91 Å². The minimum Gasteiger partial charge on any atom is -0.481 e. The molecule has 24 heavy (non-hydrogen) atoms. The van der Waals surface area contributed by atoms with Crippen molar-refractivity contribution >= 4 is 34.8 Å². The van der Waals surface area contributed by atoms with Gasteiger partial charge in [0, 0.05) is 5.02 Å². The van der Waals surface area contributed by atoms with E-state index >= 15 is 0 Å². The number of para-hydroxylation sites is 2. The smallest absolute Gasteiger partial charge is 0.268 e. The van der Waals surface area contributed by atoms with Crippen molar-refractivity contribution < 1.29 is 14.3 Å². The second-order valence-corrected chi connectivity index (χ2v) is 5.90. The van der Waals surface area contributed by atoms with Crippen molar-refractivity contribution in [1.82, 2.24) is 0 Å². The fraction of sp³-hybridized carbons (Fsp3) is 0.222. The Morgan fingerprint density at radius 2 is 2.08 bits per heavy atom. The Kier molecular flexibility index (Phi) is 4.71. The second kappa shape index (κ2) is 6.93. The zero-order chi connectivity index (χ0) is 17.1. The Bertz CT molecular complexity index is 778. The monoisotopic (exact) mass is 344 g/mol. The summed E-state index contributed by atoms with van der Waals surface area (Å²) in [6.07, 6.45) is -0.214. The third-order valence-corrected chi connectivity index (χ3v) is 3.99. The predicted molar refractivity (Wildman–Crippen MR) is 93.6 cm³/mol. The van der Waals surface area contributed by atoms with Gasteiger partial charge in [0.05, 0.1) is 11.4 Å². The van der Waals surface area contributed by atoms with Gasteiger partial charge in [0.1, 0.15) is 12.3 Å². The third kappa shape index (κ3) is 3.36. The molecule has 1 aliphatic rings. The van der Waals surface area contributed by atoms with Gasteiger partial charge in [-0.25, -0.2) is 0 Å². The van der Waals surface area contributed by atoms with Crippen molar-refractivity contribution in [1.29, 1.82) is 0 Å². The summed E-state index contributed by atoms with van der Waals surface area (Å²) >= 11 is 5.96. The number of ether oxygens (including phenoxy) is 1. The maximum atomic E-state index is 12.9. The molecule has 2 aromatic carbocycles. The van der Waals surface area contributed by atoms with Crippen molar-refractivity contribution in [2.45, 2.75) is 19.4 Å². The number of fused-ring (bicyclic) bond motifs is 1. The zero-order valence-electron chi connectivity index (χ0n) is 13.2. The summed E-state index contributed by atoms with van der Waals surface area (Å²) in [4.78, 5) is 26.3. The van der Waals surface area contributed by atoms with Crippen LogP contribution in [0.2, 0.25) is 5.02 Å². The van der Waals surface area contributed by atoms with E-state index in [1.54, 1.807) is 36.4 Å². The lowest BCUT2D eigenvalue weighted by Gasteiger charge is -2.31. The van der Waals surface area contributed by atoms with Gasteiger partial charge in [-0.3, -0.25) is 14.5 Å². The van der Waals surface area contributed by atoms with E-state index in [4.69, 9.17) is 16.3 Å². The van der Waals surface area contributed by atoms with Crippen molar-refractivity contribution in [3.8, 4) is 5.75 Å². The van der Waals surface area contributed by atoms with E-state index in [0.29, 0.717) is 28.6 Å². The highest BCUT2D eigenvalue weighted by Crippen LogP contribution is 2.30. The van der Waals surface area contributed by atoms with Gasteiger partial charge < -0.3 is 10.1 Å². The molecular weight excluding hydrogens is 328 g/mol. The van der Waals surface area contributed by atoms with E-state index in [1.807, 2.05) is 19.1 Å². The molecule has 1 aliphatic heterocycles. The van der Waals surface area contributed by atoms with Gasteiger partial charge in [-0.05, 0) is 36.8 Å². The van der Waals surface area contributed by atoms with Crippen LogP contribution in [0.25, 0.3) is 0 Å². The highest BCUT2D eigenvalue weighted by Gasteiger charge is 2.31. The van der Waals surface area contributed by atoms with Gasteiger partial charge in [0.2, 0.25) is 5.91 Å². The molecular formula is C18H17ClN2O3. The maximum Gasteiger partial charge on any atom is 0.268 e. The molecule has 0 aromatic heterocycles. The number of nitrogens with one attached hydrogen (secondary N) is 1. The molecule has 0 saturated carbocycles. The standard InChI is InChI=1S/C18H17ClN2O3/c1-2-16(24-13-7-5-6-12(19)10-13)18(23)21-11-17(22)20-14-8-3-4-9-15(14)21/h3-10,16H,2,11H2,1H3,(H,20,22)/t16-/m0/s1. The largest absolute Gasteiger partial charge is 0.481 e. The van der Waals surface area contributed by atoms with Crippen molar-refractivity contribution in [2.75, 3.05) is 16.8 Å². The average Bonchev–Trinajstić information content (AvgIpc) is 2.58. The van der Waals surface area contributed by atoms with E-state index in [2.05, 4.69) is 5.32 Å². The van der Waals surface area contributed by atoms with Gasteiger partial charge in [-0.2, -0.15) is 0 Å². The number of hydrogen-bond acceptors (Lipinski definition) is 3. The normalized spacial score (nSPS) is 14.6. The average molecular weight is 345 g/mol. The van der Waals surface area contributed by atoms with Crippen LogP contribution in [-0.4, -0.2) is 24.5 Å². The Morgan fingerprint density at radius 3 is 2.83 bits per heavy atom. The van der Waals surface area contributed by atoms with E-state index in [0.717, 1.165) is 0 Å². The molecule has 0 saturated heterocycles. The summed E-state index contributed by atoms with van der Waals surface area (Å²) < 4.78 is 5.80. The molecule has 0 spiro atoms. The van der Waals surface area contributed by atoms with Crippen LogP contribution in [0.15, 0.2) is 48.5 Å². The molecule has 2 aromatic rings. The quantitative estimate of drug-likeness (QED) is 0.923. The number of anilines is 2. The lowest BCUT2D eigenvalue weighted by molar-refractivity contribution is -0.127. The van der Waals surface area contributed by atoms with Crippen LogP contribution in [0.1, 0.15) is 13.3 Å². The molecule has 0 unspecified atom stereocenters. The number of amides is 2. The number of benzene rings is 2. The summed E-state index contributed by atoms with van der Waals surface area (Å²) in [6, 6.07) is 14.1. The number of carbonyl (C=O) groups is 2. The lowest BCUT2D eigenvalue weighted by Crippen LogP contribution is -2.48. The molecule has 1 N–H and O–H groups in total. The topological polar surface area (TPSA) is 58.6 Å². The minimum absolute atomic E-state index is 0.0226. The summed E-state index contributed by atoms with van der Waals surface area (Å²) in [7, 11) is 0. The Labute approximate surface area is 145 Å². The van der Waals surface area contributed by atoms with E-state index < -0.39 is 6.10 Å². The van der Waals surface area contributed by atoms with Crippen LogP contribution in [-0.2, 0) is 9.59 Å². The lowest BCUT2D eigenvalue weighted by atomic mass is 10.1. The molecule has 3 rings (SSSR count). The number of hydrogen-bond donors (Lipinski definition) is 1. The summed E-state index contributed by atoms with van der Waals surface area (Å²) in [5.41, 5.74) is 1.30. The van der Waals surface area contributed by atoms with Crippen LogP contribution in [0.5, 0.6) is 5.75 Å². The van der Waals surface area contributed by atoms with Crippen molar-refractivity contribution in [3.63, 3.8) is 0 Å². The van der Waals surface area contributed by atoms with Crippen LogP contribution in [0.4, 0.5) is 11.4 Å². The highest BCUT2D eigenvalue weighted by molar-refractivity contribution is 6.30. The van der Waals surface area contributed by atoms with Gasteiger partial charge in [0.15, 0.2) is 6.10 Å². The minimum atomic E-state index is -0.692. The van der Waals surface area contributed by atoms with Crippen LogP contribution in [0, 0.1) is 0 Å². The Morgan fingerprint density at radius 1 is 1.29 bits per heavy atom. The molecule has 0 fully saturated rings. The fourth-order valence-electron chi connectivity index (χ4n) is 2.62. The zero-order valence-corrected chi connectivity index (χ0v) is 13.9. The van der Waals surface area contributed by atoms with E-state index in [9.17, 15) is 9.59 Å². The first kappa shape index (κ1) is 16.3. The van der Waals surface area contributed by atoms with E-state index in [1.165, 1.54) is 4.90 Å². The van der Waals surface area contributed by atoms with Crippen LogP contribution >= 0.6 is 11.6 Å². The first-order chi connectivity index (χ1) is 11.6. The molecule has 2 amide bonds. The van der Waals surface area contributed by atoms with Crippen molar-refractivity contribution in [3.05, 3.63) is 53.6 Å². The number of nitrogens with zero attached hydrogens (tertiary/aromatic N) is 1.